The van der Waals surface area contributed by atoms with Crippen LogP contribution >= 0.6 is 0 Å². The fourth-order valence-electron chi connectivity index (χ4n) is 3.24. The number of carbonyl (C=O) groups excluding carboxylic acids is 1. The van der Waals surface area contributed by atoms with Crippen LogP contribution in [0.2, 0.25) is 0 Å². The van der Waals surface area contributed by atoms with Crippen molar-refractivity contribution in [3.63, 3.8) is 0 Å². The number of nitrogens with zero attached hydrogens (tertiary/aromatic N) is 2. The highest BCUT2D eigenvalue weighted by molar-refractivity contribution is 6.03. The van der Waals surface area contributed by atoms with E-state index in [0.717, 1.165) is 16.7 Å². The van der Waals surface area contributed by atoms with E-state index in [0.29, 0.717) is 22.9 Å². The number of hydrogen-bond acceptors (Lipinski definition) is 5. The van der Waals surface area contributed by atoms with Crippen molar-refractivity contribution in [2.75, 3.05) is 19.5 Å². The van der Waals surface area contributed by atoms with Crippen LogP contribution < -0.4 is 14.8 Å². The van der Waals surface area contributed by atoms with Crippen molar-refractivity contribution in [3.8, 4) is 34.0 Å². The SMILES string of the molecule is COc1nc(NC(=O)c2ccc(-c3ccccc3)cc2)nc(OC)c1-c1ccccc1. The van der Waals surface area contributed by atoms with Gasteiger partial charge in [0, 0.05) is 5.56 Å². The van der Waals surface area contributed by atoms with Gasteiger partial charge in [-0.15, -0.1) is 0 Å². The molecule has 0 fully saturated rings. The molecule has 31 heavy (non-hydrogen) atoms. The molecule has 1 heterocycles. The van der Waals surface area contributed by atoms with Gasteiger partial charge in [-0.25, -0.2) is 0 Å². The molecule has 154 valence electrons. The van der Waals surface area contributed by atoms with Gasteiger partial charge in [-0.2, -0.15) is 9.97 Å². The first-order valence-corrected chi connectivity index (χ1v) is 9.72. The standard InChI is InChI=1S/C25H21N3O3/c1-30-23-21(19-11-7-4-8-12-19)24(31-2)28-25(27-23)26-22(29)20-15-13-18(14-16-20)17-9-5-3-6-10-17/h3-16H,1-2H3,(H,26,27,28,29). The van der Waals surface area contributed by atoms with Crippen molar-refractivity contribution < 1.29 is 14.3 Å². The number of ether oxygens (including phenoxy) is 2. The molecule has 0 spiro atoms. The number of nitrogens with one attached hydrogen (secondary N) is 1. The summed E-state index contributed by atoms with van der Waals surface area (Å²) in [4.78, 5) is 21.5. The summed E-state index contributed by atoms with van der Waals surface area (Å²) < 4.78 is 10.9. The van der Waals surface area contributed by atoms with Gasteiger partial charge in [0.25, 0.3) is 5.91 Å². The lowest BCUT2D eigenvalue weighted by molar-refractivity contribution is 0.102. The Hall–Kier alpha value is -4.19. The fraction of sp³-hybridized carbons (Fsp3) is 0.0800. The van der Waals surface area contributed by atoms with Crippen molar-refractivity contribution in [1.29, 1.82) is 0 Å². The minimum absolute atomic E-state index is 0.102. The van der Waals surface area contributed by atoms with Crippen LogP contribution in [0.1, 0.15) is 10.4 Å². The third-order valence-electron chi connectivity index (χ3n) is 4.77. The fourth-order valence-corrected chi connectivity index (χ4v) is 3.24. The molecule has 1 N–H and O–H groups in total. The number of aromatic nitrogens is 2. The van der Waals surface area contributed by atoms with Crippen LogP contribution in [-0.4, -0.2) is 30.1 Å². The Kier molecular flexibility index (Phi) is 5.89. The Morgan fingerprint density at radius 2 is 1.16 bits per heavy atom. The Balaban J connectivity index is 1.60. The number of anilines is 1. The monoisotopic (exact) mass is 411 g/mol. The number of amides is 1. The minimum Gasteiger partial charge on any atom is -0.480 e. The van der Waals surface area contributed by atoms with E-state index in [1.807, 2.05) is 72.8 Å². The summed E-state index contributed by atoms with van der Waals surface area (Å²) >= 11 is 0. The number of hydrogen-bond donors (Lipinski definition) is 1. The Morgan fingerprint density at radius 1 is 0.677 bits per heavy atom. The summed E-state index contributed by atoms with van der Waals surface area (Å²) in [5.41, 5.74) is 4.09. The lowest BCUT2D eigenvalue weighted by Gasteiger charge is -2.14. The lowest BCUT2D eigenvalue weighted by atomic mass is 10.0. The zero-order valence-corrected chi connectivity index (χ0v) is 17.2. The second kappa shape index (κ2) is 9.09. The first kappa shape index (κ1) is 20.1. The zero-order valence-electron chi connectivity index (χ0n) is 17.2. The predicted molar refractivity (Wildman–Crippen MR) is 120 cm³/mol. The predicted octanol–water partition coefficient (Wildman–Crippen LogP) is 5.08. The summed E-state index contributed by atoms with van der Waals surface area (Å²) in [5, 5.41) is 2.72. The van der Waals surface area contributed by atoms with Crippen LogP contribution in [0, 0.1) is 0 Å². The van der Waals surface area contributed by atoms with E-state index in [1.54, 1.807) is 12.1 Å². The molecule has 0 saturated heterocycles. The van der Waals surface area contributed by atoms with Crippen molar-refractivity contribution >= 4 is 11.9 Å². The van der Waals surface area contributed by atoms with Crippen LogP contribution in [0.4, 0.5) is 5.95 Å². The molecule has 0 unspecified atom stereocenters. The average Bonchev–Trinajstić information content (AvgIpc) is 2.84. The third-order valence-corrected chi connectivity index (χ3v) is 4.77. The highest BCUT2D eigenvalue weighted by Crippen LogP contribution is 2.36. The summed E-state index contributed by atoms with van der Waals surface area (Å²) in [7, 11) is 3.03. The topological polar surface area (TPSA) is 73.3 Å². The van der Waals surface area contributed by atoms with Gasteiger partial charge in [0.15, 0.2) is 0 Å². The third kappa shape index (κ3) is 4.38. The molecular formula is C25H21N3O3. The quantitative estimate of drug-likeness (QED) is 0.479. The van der Waals surface area contributed by atoms with E-state index >= 15 is 0 Å². The first-order chi connectivity index (χ1) is 15.2. The number of carbonyl (C=O) groups is 1. The van der Waals surface area contributed by atoms with Crippen molar-refractivity contribution in [1.82, 2.24) is 9.97 Å². The minimum atomic E-state index is -0.323. The van der Waals surface area contributed by atoms with E-state index in [2.05, 4.69) is 15.3 Å². The second-order valence-corrected chi connectivity index (χ2v) is 6.70. The number of rotatable bonds is 6. The van der Waals surface area contributed by atoms with Crippen molar-refractivity contribution in [2.24, 2.45) is 0 Å². The highest BCUT2D eigenvalue weighted by atomic mass is 16.5. The van der Waals surface area contributed by atoms with E-state index in [-0.39, 0.29) is 11.9 Å². The van der Waals surface area contributed by atoms with Crippen LogP contribution in [0.3, 0.4) is 0 Å². The van der Waals surface area contributed by atoms with Crippen molar-refractivity contribution in [3.05, 3.63) is 90.5 Å². The van der Waals surface area contributed by atoms with E-state index < -0.39 is 0 Å². The molecule has 0 saturated carbocycles. The smallest absolute Gasteiger partial charge is 0.258 e. The van der Waals surface area contributed by atoms with Gasteiger partial charge in [0.1, 0.15) is 5.56 Å². The molecule has 1 aromatic heterocycles. The summed E-state index contributed by atoms with van der Waals surface area (Å²) in [6.45, 7) is 0. The molecule has 0 atom stereocenters. The zero-order chi connectivity index (χ0) is 21.6. The van der Waals surface area contributed by atoms with Crippen molar-refractivity contribution in [2.45, 2.75) is 0 Å². The molecule has 4 aromatic rings. The Morgan fingerprint density at radius 3 is 1.68 bits per heavy atom. The average molecular weight is 411 g/mol. The van der Waals surface area contributed by atoms with Gasteiger partial charge >= 0.3 is 0 Å². The van der Waals surface area contributed by atoms with Crippen LogP contribution in [0.25, 0.3) is 22.3 Å². The lowest BCUT2D eigenvalue weighted by Crippen LogP contribution is -2.15. The molecule has 0 aliphatic heterocycles. The highest BCUT2D eigenvalue weighted by Gasteiger charge is 2.19. The van der Waals surface area contributed by atoms with Gasteiger partial charge in [0.2, 0.25) is 17.7 Å². The summed E-state index contributed by atoms with van der Waals surface area (Å²) in [6.07, 6.45) is 0. The molecule has 0 radical (unpaired) electrons. The molecule has 0 bridgehead atoms. The second-order valence-electron chi connectivity index (χ2n) is 6.70. The van der Waals surface area contributed by atoms with E-state index in [1.165, 1.54) is 14.2 Å². The molecule has 6 heteroatoms. The van der Waals surface area contributed by atoms with Crippen LogP contribution in [-0.2, 0) is 0 Å². The maximum atomic E-state index is 12.7. The number of methoxy groups -OCH3 is 2. The molecular weight excluding hydrogens is 390 g/mol. The van der Waals surface area contributed by atoms with E-state index in [9.17, 15) is 4.79 Å². The van der Waals surface area contributed by atoms with Crippen LogP contribution in [0.5, 0.6) is 11.8 Å². The molecule has 3 aromatic carbocycles. The molecule has 4 rings (SSSR count). The maximum absolute atomic E-state index is 12.7. The number of benzene rings is 3. The van der Waals surface area contributed by atoms with Crippen LogP contribution in [0.15, 0.2) is 84.9 Å². The summed E-state index contributed by atoms with van der Waals surface area (Å²) in [6, 6.07) is 26.9. The largest absolute Gasteiger partial charge is 0.480 e. The first-order valence-electron chi connectivity index (χ1n) is 9.72. The Bertz CT molecular complexity index is 1150. The van der Waals surface area contributed by atoms with Gasteiger partial charge in [-0.1, -0.05) is 72.8 Å². The van der Waals surface area contributed by atoms with Gasteiger partial charge in [0.05, 0.1) is 14.2 Å². The maximum Gasteiger partial charge on any atom is 0.258 e. The molecule has 1 amide bonds. The van der Waals surface area contributed by atoms with Gasteiger partial charge < -0.3 is 9.47 Å². The molecule has 6 nitrogen and oxygen atoms in total. The molecule has 0 aliphatic carbocycles. The Labute approximate surface area is 180 Å². The van der Waals surface area contributed by atoms with Gasteiger partial charge in [-0.3, -0.25) is 10.1 Å². The summed E-state index contributed by atoms with van der Waals surface area (Å²) in [5.74, 6) is 0.405. The van der Waals surface area contributed by atoms with E-state index in [4.69, 9.17) is 9.47 Å². The molecule has 0 aliphatic rings. The van der Waals surface area contributed by atoms with Gasteiger partial charge in [-0.05, 0) is 28.8 Å². The normalized spacial score (nSPS) is 10.4.